The van der Waals surface area contributed by atoms with Crippen LogP contribution in [-0.2, 0) is 9.53 Å². The van der Waals surface area contributed by atoms with E-state index in [1.807, 2.05) is 0 Å². The van der Waals surface area contributed by atoms with Crippen molar-refractivity contribution in [2.75, 3.05) is 18.9 Å². The Morgan fingerprint density at radius 2 is 2.25 bits per heavy atom. The van der Waals surface area contributed by atoms with E-state index in [2.05, 4.69) is 5.32 Å². The fraction of sp³-hybridized carbons (Fsp3) is 0.385. The number of amides is 1. The van der Waals surface area contributed by atoms with Gasteiger partial charge in [0.05, 0.1) is 30.0 Å². The highest BCUT2D eigenvalue weighted by molar-refractivity contribution is 6.33. The molecule has 1 aromatic rings. The average molecular weight is 299 g/mol. The van der Waals surface area contributed by atoms with Crippen molar-refractivity contribution in [1.82, 2.24) is 5.32 Å². The molecule has 0 saturated carbocycles. The van der Waals surface area contributed by atoms with Crippen LogP contribution in [0.2, 0.25) is 5.02 Å². The van der Waals surface area contributed by atoms with E-state index in [0.717, 1.165) is 0 Å². The standard InChI is InChI=1S/C13H15ClN2O4/c1-13(12(18)19)6-20-5-10(13)16-11(17)7-2-3-9(15)8(14)4-7/h2-4,10H,5-6,15H2,1H3,(H,16,17)(H,18,19). The summed E-state index contributed by atoms with van der Waals surface area (Å²) < 4.78 is 5.17. The van der Waals surface area contributed by atoms with Gasteiger partial charge in [-0.1, -0.05) is 11.6 Å². The highest BCUT2D eigenvalue weighted by atomic mass is 35.5. The average Bonchev–Trinajstić information content (AvgIpc) is 2.75. The van der Waals surface area contributed by atoms with Crippen molar-refractivity contribution in [3.05, 3.63) is 28.8 Å². The maximum Gasteiger partial charge on any atom is 0.313 e. The van der Waals surface area contributed by atoms with Crippen molar-refractivity contribution in [3.63, 3.8) is 0 Å². The Balaban J connectivity index is 2.15. The van der Waals surface area contributed by atoms with Crippen LogP contribution in [-0.4, -0.2) is 36.2 Å². The molecule has 0 spiro atoms. The molecule has 6 nitrogen and oxygen atoms in total. The van der Waals surface area contributed by atoms with Gasteiger partial charge in [0.2, 0.25) is 0 Å². The molecule has 1 aromatic carbocycles. The lowest BCUT2D eigenvalue weighted by Crippen LogP contribution is -2.49. The van der Waals surface area contributed by atoms with Gasteiger partial charge in [0.1, 0.15) is 5.41 Å². The summed E-state index contributed by atoms with van der Waals surface area (Å²) in [4.78, 5) is 23.4. The zero-order chi connectivity index (χ0) is 14.9. The number of anilines is 1. The number of benzene rings is 1. The number of hydrogen-bond donors (Lipinski definition) is 3. The molecule has 1 fully saturated rings. The smallest absolute Gasteiger partial charge is 0.313 e. The minimum absolute atomic E-state index is 0.0653. The number of carbonyl (C=O) groups excluding carboxylic acids is 1. The molecular weight excluding hydrogens is 284 g/mol. The van der Waals surface area contributed by atoms with Gasteiger partial charge in [0, 0.05) is 5.56 Å². The number of rotatable bonds is 3. The highest BCUT2D eigenvalue weighted by Gasteiger charge is 2.47. The molecule has 2 atom stereocenters. The van der Waals surface area contributed by atoms with Gasteiger partial charge in [-0.3, -0.25) is 9.59 Å². The van der Waals surface area contributed by atoms with E-state index in [4.69, 9.17) is 22.1 Å². The maximum atomic E-state index is 12.1. The van der Waals surface area contributed by atoms with Gasteiger partial charge in [-0.05, 0) is 25.1 Å². The number of carboxylic acids is 1. The number of aliphatic carboxylic acids is 1. The molecule has 1 aliphatic heterocycles. The van der Waals surface area contributed by atoms with Crippen molar-refractivity contribution < 1.29 is 19.4 Å². The van der Waals surface area contributed by atoms with Crippen LogP contribution in [0.25, 0.3) is 0 Å². The Hall–Kier alpha value is -1.79. The lowest BCUT2D eigenvalue weighted by molar-refractivity contribution is -0.148. The predicted molar refractivity (Wildman–Crippen MR) is 73.7 cm³/mol. The minimum atomic E-state index is -1.13. The van der Waals surface area contributed by atoms with Crippen molar-refractivity contribution in [2.24, 2.45) is 5.41 Å². The van der Waals surface area contributed by atoms with Gasteiger partial charge in [-0.2, -0.15) is 0 Å². The van der Waals surface area contributed by atoms with Crippen LogP contribution < -0.4 is 11.1 Å². The van der Waals surface area contributed by atoms with Crippen molar-refractivity contribution in [3.8, 4) is 0 Å². The van der Waals surface area contributed by atoms with Crippen LogP contribution in [0.1, 0.15) is 17.3 Å². The Bertz CT molecular complexity index is 563. The quantitative estimate of drug-likeness (QED) is 0.726. The predicted octanol–water partition coefficient (Wildman–Crippen LogP) is 1.14. The zero-order valence-corrected chi connectivity index (χ0v) is 11.6. The molecule has 4 N–H and O–H groups in total. The number of nitrogens with one attached hydrogen (secondary N) is 1. The molecule has 0 aromatic heterocycles. The zero-order valence-electron chi connectivity index (χ0n) is 10.9. The summed E-state index contributed by atoms with van der Waals surface area (Å²) in [6.07, 6.45) is 0. The second kappa shape index (κ2) is 5.30. The first kappa shape index (κ1) is 14.6. The molecule has 0 aliphatic carbocycles. The highest BCUT2D eigenvalue weighted by Crippen LogP contribution is 2.29. The minimum Gasteiger partial charge on any atom is -0.481 e. The molecule has 2 unspecified atom stereocenters. The fourth-order valence-corrected chi connectivity index (χ4v) is 2.18. The first-order valence-electron chi connectivity index (χ1n) is 6.01. The van der Waals surface area contributed by atoms with E-state index < -0.39 is 23.3 Å². The van der Waals surface area contributed by atoms with E-state index in [9.17, 15) is 14.7 Å². The van der Waals surface area contributed by atoms with Gasteiger partial charge >= 0.3 is 5.97 Å². The van der Waals surface area contributed by atoms with E-state index in [0.29, 0.717) is 11.3 Å². The Labute approximate surface area is 120 Å². The van der Waals surface area contributed by atoms with E-state index in [1.165, 1.54) is 18.2 Å². The lowest BCUT2D eigenvalue weighted by atomic mass is 9.85. The molecule has 1 aliphatic rings. The van der Waals surface area contributed by atoms with Crippen LogP contribution in [0.3, 0.4) is 0 Å². The Morgan fingerprint density at radius 3 is 2.85 bits per heavy atom. The van der Waals surface area contributed by atoms with Gasteiger partial charge in [0.15, 0.2) is 0 Å². The van der Waals surface area contributed by atoms with Crippen molar-refractivity contribution in [2.45, 2.75) is 13.0 Å². The molecule has 7 heteroatoms. The van der Waals surface area contributed by atoms with Crippen molar-refractivity contribution >= 4 is 29.2 Å². The Kier molecular flexibility index (Phi) is 3.87. The first-order valence-corrected chi connectivity index (χ1v) is 6.39. The summed E-state index contributed by atoms with van der Waals surface area (Å²) in [5.74, 6) is -1.41. The van der Waals surface area contributed by atoms with Crippen molar-refractivity contribution in [1.29, 1.82) is 0 Å². The fourth-order valence-electron chi connectivity index (χ4n) is 2.00. The van der Waals surface area contributed by atoms with E-state index in [-0.39, 0.29) is 18.2 Å². The van der Waals surface area contributed by atoms with Gasteiger partial charge < -0.3 is 20.9 Å². The maximum absolute atomic E-state index is 12.1. The SMILES string of the molecule is CC1(C(=O)O)COCC1NC(=O)c1ccc(N)c(Cl)c1. The molecule has 1 saturated heterocycles. The first-order chi connectivity index (χ1) is 9.34. The largest absolute Gasteiger partial charge is 0.481 e. The monoisotopic (exact) mass is 298 g/mol. The van der Waals surface area contributed by atoms with Crippen LogP contribution in [0.15, 0.2) is 18.2 Å². The number of ether oxygens (including phenoxy) is 1. The summed E-state index contributed by atoms with van der Waals surface area (Å²) >= 11 is 5.86. The molecule has 0 radical (unpaired) electrons. The lowest BCUT2D eigenvalue weighted by Gasteiger charge is -2.25. The molecule has 1 amide bonds. The number of carboxylic acid groups (broad SMARTS) is 1. The van der Waals surface area contributed by atoms with E-state index in [1.54, 1.807) is 6.92 Å². The number of nitrogen functional groups attached to an aromatic ring is 1. The third-order valence-corrected chi connectivity index (χ3v) is 3.84. The number of halogens is 1. The molecule has 108 valence electrons. The molecule has 0 bridgehead atoms. The third kappa shape index (κ3) is 2.57. The number of carbonyl (C=O) groups is 2. The summed E-state index contributed by atoms with van der Waals surface area (Å²) in [7, 11) is 0. The van der Waals surface area contributed by atoms with E-state index >= 15 is 0 Å². The molecule has 1 heterocycles. The summed E-state index contributed by atoms with van der Waals surface area (Å²) in [6.45, 7) is 1.77. The second-order valence-electron chi connectivity index (χ2n) is 5.00. The van der Waals surface area contributed by atoms with Gasteiger partial charge in [0.25, 0.3) is 5.91 Å². The molecule has 2 rings (SSSR count). The summed E-state index contributed by atoms with van der Waals surface area (Å²) in [5.41, 5.74) is 5.14. The van der Waals surface area contributed by atoms with Crippen LogP contribution in [0.5, 0.6) is 0 Å². The second-order valence-corrected chi connectivity index (χ2v) is 5.41. The topological polar surface area (TPSA) is 102 Å². The van der Waals surface area contributed by atoms with Crippen LogP contribution in [0, 0.1) is 5.41 Å². The summed E-state index contributed by atoms with van der Waals surface area (Å²) in [6, 6.07) is 3.91. The summed E-state index contributed by atoms with van der Waals surface area (Å²) in [5, 5.41) is 12.2. The normalized spacial score (nSPS) is 25.4. The molecule has 20 heavy (non-hydrogen) atoms. The third-order valence-electron chi connectivity index (χ3n) is 3.51. The number of hydrogen-bond acceptors (Lipinski definition) is 4. The number of nitrogens with two attached hydrogens (primary N) is 1. The van der Waals surface area contributed by atoms with Gasteiger partial charge in [-0.25, -0.2) is 0 Å². The van der Waals surface area contributed by atoms with Crippen LogP contribution in [0.4, 0.5) is 5.69 Å². The molecular formula is C13H15ClN2O4. The van der Waals surface area contributed by atoms with Crippen LogP contribution >= 0.6 is 11.6 Å². The Morgan fingerprint density at radius 1 is 1.55 bits per heavy atom. The van der Waals surface area contributed by atoms with Gasteiger partial charge in [-0.15, -0.1) is 0 Å².